The maximum atomic E-state index is 12.4. The molecule has 0 bridgehead atoms. The number of hydrogen-bond acceptors (Lipinski definition) is 5. The SMILES string of the molecule is CNS(=O)(=O)c1cccc(C(=O)O[C@H](C)C(=O)Nc2c(C)cc(C)cc2C)c1. The van der Waals surface area contributed by atoms with E-state index in [4.69, 9.17) is 4.74 Å². The minimum absolute atomic E-state index is 0.0404. The molecule has 0 saturated carbocycles. The summed E-state index contributed by atoms with van der Waals surface area (Å²) in [5.74, 6) is -1.25. The molecule has 7 nitrogen and oxygen atoms in total. The van der Waals surface area contributed by atoms with Gasteiger partial charge in [-0.1, -0.05) is 23.8 Å². The number of aryl methyl sites for hydroxylation is 3. The van der Waals surface area contributed by atoms with Crippen LogP contribution < -0.4 is 10.0 Å². The Balaban J connectivity index is 2.13. The number of amides is 1. The predicted molar refractivity (Wildman–Crippen MR) is 107 cm³/mol. The summed E-state index contributed by atoms with van der Waals surface area (Å²) in [7, 11) is -2.41. The van der Waals surface area contributed by atoms with E-state index in [1.165, 1.54) is 38.2 Å². The van der Waals surface area contributed by atoms with Crippen molar-refractivity contribution in [3.8, 4) is 0 Å². The van der Waals surface area contributed by atoms with E-state index in [0.29, 0.717) is 5.69 Å². The van der Waals surface area contributed by atoms with E-state index >= 15 is 0 Å². The lowest BCUT2D eigenvalue weighted by Gasteiger charge is -2.17. The van der Waals surface area contributed by atoms with Crippen LogP contribution in [0.15, 0.2) is 41.3 Å². The second-order valence-electron chi connectivity index (χ2n) is 6.55. The maximum Gasteiger partial charge on any atom is 0.338 e. The third-order valence-corrected chi connectivity index (χ3v) is 5.64. The number of hydrogen-bond donors (Lipinski definition) is 2. The number of benzene rings is 2. The van der Waals surface area contributed by atoms with Gasteiger partial charge in [0.2, 0.25) is 10.0 Å². The normalized spacial score (nSPS) is 12.3. The van der Waals surface area contributed by atoms with Crippen LogP contribution in [0, 0.1) is 20.8 Å². The fraction of sp³-hybridized carbons (Fsp3) is 0.300. The van der Waals surface area contributed by atoms with Gasteiger partial charge in [0.15, 0.2) is 6.10 Å². The Labute approximate surface area is 165 Å². The van der Waals surface area contributed by atoms with Gasteiger partial charge in [0.05, 0.1) is 10.5 Å². The van der Waals surface area contributed by atoms with Crippen LogP contribution in [0.4, 0.5) is 5.69 Å². The summed E-state index contributed by atoms with van der Waals surface area (Å²) < 4.78 is 31.1. The van der Waals surface area contributed by atoms with E-state index < -0.39 is 28.0 Å². The van der Waals surface area contributed by atoms with Crippen molar-refractivity contribution in [3.63, 3.8) is 0 Å². The quantitative estimate of drug-likeness (QED) is 0.721. The molecule has 0 saturated heterocycles. The number of carbonyl (C=O) groups is 2. The molecular weight excluding hydrogens is 380 g/mol. The standard InChI is InChI=1S/C20H24N2O5S/c1-12-9-13(2)18(14(3)10-12)22-19(23)15(4)27-20(24)16-7-6-8-17(11-16)28(25,26)21-5/h6-11,15,21H,1-5H3,(H,22,23)/t15-/m1/s1. The first-order chi connectivity index (χ1) is 13.0. The molecule has 0 aliphatic heterocycles. The molecule has 0 radical (unpaired) electrons. The molecule has 0 aromatic heterocycles. The van der Waals surface area contributed by atoms with Crippen LogP contribution in [-0.2, 0) is 19.6 Å². The van der Waals surface area contributed by atoms with Crippen LogP contribution >= 0.6 is 0 Å². The minimum atomic E-state index is -3.69. The second kappa shape index (κ2) is 8.53. The van der Waals surface area contributed by atoms with Gasteiger partial charge >= 0.3 is 5.97 Å². The lowest BCUT2D eigenvalue weighted by Crippen LogP contribution is -2.30. The highest BCUT2D eigenvalue weighted by Crippen LogP contribution is 2.22. The Morgan fingerprint density at radius 3 is 2.21 bits per heavy atom. The summed E-state index contributed by atoms with van der Waals surface area (Å²) in [5.41, 5.74) is 3.63. The lowest BCUT2D eigenvalue weighted by atomic mass is 10.0. The van der Waals surface area contributed by atoms with Crippen molar-refractivity contribution in [2.45, 2.75) is 38.7 Å². The fourth-order valence-electron chi connectivity index (χ4n) is 2.79. The van der Waals surface area contributed by atoms with Gasteiger partial charge in [-0.25, -0.2) is 17.9 Å². The number of anilines is 1. The smallest absolute Gasteiger partial charge is 0.338 e. The van der Waals surface area contributed by atoms with Crippen molar-refractivity contribution in [1.29, 1.82) is 0 Å². The van der Waals surface area contributed by atoms with Gasteiger partial charge in [-0.05, 0) is 64.1 Å². The van der Waals surface area contributed by atoms with Crippen molar-refractivity contribution < 1.29 is 22.7 Å². The predicted octanol–water partition coefficient (Wildman–Crippen LogP) is 2.70. The number of sulfonamides is 1. The Kier molecular flexibility index (Phi) is 6.58. The van der Waals surface area contributed by atoms with Gasteiger partial charge in [0.1, 0.15) is 0 Å². The second-order valence-corrected chi connectivity index (χ2v) is 8.43. The summed E-state index contributed by atoms with van der Waals surface area (Å²) in [6.07, 6.45) is -1.06. The number of carbonyl (C=O) groups excluding carboxylic acids is 2. The van der Waals surface area contributed by atoms with Crippen molar-refractivity contribution in [2.75, 3.05) is 12.4 Å². The molecular formula is C20H24N2O5S. The molecule has 2 aromatic rings. The molecule has 1 atom stereocenters. The molecule has 2 rings (SSSR count). The van der Waals surface area contributed by atoms with E-state index in [1.807, 2.05) is 32.9 Å². The summed E-state index contributed by atoms with van der Waals surface area (Å²) in [6.45, 7) is 7.21. The van der Waals surface area contributed by atoms with Crippen molar-refractivity contribution in [3.05, 3.63) is 58.7 Å². The minimum Gasteiger partial charge on any atom is -0.449 e. The zero-order valence-corrected chi connectivity index (χ0v) is 17.3. The third kappa shape index (κ3) is 4.96. The summed E-state index contributed by atoms with van der Waals surface area (Å²) in [6, 6.07) is 9.33. The fourth-order valence-corrected chi connectivity index (χ4v) is 3.57. The van der Waals surface area contributed by atoms with Gasteiger partial charge < -0.3 is 10.1 Å². The molecule has 0 aliphatic rings. The van der Waals surface area contributed by atoms with Crippen molar-refractivity contribution >= 4 is 27.6 Å². The highest BCUT2D eigenvalue weighted by molar-refractivity contribution is 7.89. The molecule has 8 heteroatoms. The van der Waals surface area contributed by atoms with Crippen LogP contribution in [0.5, 0.6) is 0 Å². The Hall–Kier alpha value is -2.71. The average molecular weight is 404 g/mol. The zero-order valence-electron chi connectivity index (χ0n) is 16.5. The molecule has 0 fully saturated rings. The summed E-state index contributed by atoms with van der Waals surface area (Å²) in [4.78, 5) is 24.7. The Morgan fingerprint density at radius 2 is 1.64 bits per heavy atom. The molecule has 150 valence electrons. The van der Waals surface area contributed by atoms with Crippen LogP contribution in [0.2, 0.25) is 0 Å². The zero-order chi connectivity index (χ0) is 21.1. The van der Waals surface area contributed by atoms with Gasteiger partial charge in [-0.2, -0.15) is 0 Å². The van der Waals surface area contributed by atoms with Crippen molar-refractivity contribution in [2.24, 2.45) is 0 Å². The Morgan fingerprint density at radius 1 is 1.04 bits per heavy atom. The van der Waals surface area contributed by atoms with E-state index in [0.717, 1.165) is 16.7 Å². The monoisotopic (exact) mass is 404 g/mol. The van der Waals surface area contributed by atoms with E-state index in [1.54, 1.807) is 0 Å². The molecule has 1 amide bonds. The van der Waals surface area contributed by atoms with Gasteiger partial charge in [-0.15, -0.1) is 0 Å². The molecule has 0 aliphatic carbocycles. The van der Waals surface area contributed by atoms with E-state index in [9.17, 15) is 18.0 Å². The topological polar surface area (TPSA) is 102 Å². The van der Waals surface area contributed by atoms with E-state index in [-0.39, 0.29) is 10.5 Å². The molecule has 0 spiro atoms. The number of ether oxygens (including phenoxy) is 1. The first kappa shape index (κ1) is 21.6. The van der Waals surface area contributed by atoms with Crippen LogP contribution in [-0.4, -0.2) is 33.4 Å². The van der Waals surface area contributed by atoms with Crippen LogP contribution in [0.25, 0.3) is 0 Å². The lowest BCUT2D eigenvalue weighted by molar-refractivity contribution is -0.123. The molecule has 0 unspecified atom stereocenters. The van der Waals surface area contributed by atoms with Crippen LogP contribution in [0.3, 0.4) is 0 Å². The Bertz CT molecular complexity index is 992. The summed E-state index contributed by atoms with van der Waals surface area (Å²) in [5, 5.41) is 2.79. The van der Waals surface area contributed by atoms with Crippen molar-refractivity contribution in [1.82, 2.24) is 4.72 Å². The number of esters is 1. The molecule has 2 aromatic carbocycles. The first-order valence-corrected chi connectivity index (χ1v) is 10.2. The molecule has 28 heavy (non-hydrogen) atoms. The van der Waals surface area contributed by atoms with Crippen LogP contribution in [0.1, 0.15) is 34.0 Å². The third-order valence-electron chi connectivity index (χ3n) is 4.23. The largest absolute Gasteiger partial charge is 0.449 e. The van der Waals surface area contributed by atoms with Gasteiger partial charge in [-0.3, -0.25) is 4.79 Å². The van der Waals surface area contributed by atoms with Gasteiger partial charge in [0.25, 0.3) is 5.91 Å². The highest BCUT2D eigenvalue weighted by Gasteiger charge is 2.21. The molecule has 2 N–H and O–H groups in total. The number of nitrogens with one attached hydrogen (secondary N) is 2. The van der Waals surface area contributed by atoms with Gasteiger partial charge in [0, 0.05) is 5.69 Å². The average Bonchev–Trinajstić information content (AvgIpc) is 2.64. The van der Waals surface area contributed by atoms with E-state index in [2.05, 4.69) is 10.0 Å². The summed E-state index contributed by atoms with van der Waals surface area (Å²) >= 11 is 0. The number of rotatable bonds is 6. The maximum absolute atomic E-state index is 12.4. The highest BCUT2D eigenvalue weighted by atomic mass is 32.2. The first-order valence-electron chi connectivity index (χ1n) is 8.68. The molecule has 0 heterocycles.